The minimum absolute atomic E-state index is 0.126. The fourth-order valence-corrected chi connectivity index (χ4v) is 10.2. The number of aliphatic imine (C=N–C) groups is 1. The number of carbonyl (C=O) groups excluding carboxylic acids is 4. The van der Waals surface area contributed by atoms with E-state index in [9.17, 15) is 19.2 Å². The zero-order valence-corrected chi connectivity index (χ0v) is 38.3. The quantitative estimate of drug-likeness (QED) is 0.118. The number of hydrogen-bond donors (Lipinski definition) is 3. The molecule has 6 unspecified atom stereocenters. The van der Waals surface area contributed by atoms with Crippen LogP contribution in [-0.2, 0) is 30.4 Å². The van der Waals surface area contributed by atoms with Gasteiger partial charge in [0.1, 0.15) is 30.3 Å². The van der Waals surface area contributed by atoms with Crippen molar-refractivity contribution in [1.29, 1.82) is 0 Å². The van der Waals surface area contributed by atoms with Gasteiger partial charge in [-0.1, -0.05) is 69.3 Å². The third-order valence-corrected chi connectivity index (χ3v) is 13.6. The van der Waals surface area contributed by atoms with Crippen molar-refractivity contribution in [3.63, 3.8) is 0 Å². The van der Waals surface area contributed by atoms with Gasteiger partial charge in [0.2, 0.25) is 11.8 Å². The lowest BCUT2D eigenvalue weighted by atomic mass is 9.89. The number of amides is 4. The van der Waals surface area contributed by atoms with Gasteiger partial charge in [0, 0.05) is 49.0 Å². The predicted molar refractivity (Wildman–Crippen MR) is 251 cm³/mol. The maximum Gasteiger partial charge on any atom is 0.407 e. The monoisotopic (exact) mass is 895 g/mol. The Morgan fingerprint density at radius 2 is 1.62 bits per heavy atom. The molecule has 4 amide bonds. The Morgan fingerprint density at radius 3 is 2.35 bits per heavy atom. The Morgan fingerprint density at radius 1 is 0.848 bits per heavy atom. The molecular formula is C51H57N7O8. The van der Waals surface area contributed by atoms with E-state index in [1.54, 1.807) is 7.11 Å². The number of aromatic nitrogens is 2. The summed E-state index contributed by atoms with van der Waals surface area (Å²) in [7, 11) is 4.26. The highest BCUT2D eigenvalue weighted by atomic mass is 16.5. The molecule has 15 heteroatoms. The summed E-state index contributed by atoms with van der Waals surface area (Å²) < 4.78 is 21.7. The number of methoxy groups -OCH3 is 3. The first kappa shape index (κ1) is 44.5. The van der Waals surface area contributed by atoms with E-state index in [1.807, 2.05) is 66.2 Å². The molecule has 2 saturated heterocycles. The second-order valence-electron chi connectivity index (χ2n) is 18.3. The molecule has 344 valence electrons. The molecule has 0 aliphatic carbocycles. The van der Waals surface area contributed by atoms with Gasteiger partial charge in [0.05, 0.1) is 43.9 Å². The van der Waals surface area contributed by atoms with Crippen molar-refractivity contribution in [2.24, 2.45) is 22.7 Å². The average Bonchev–Trinajstić information content (AvgIpc) is 4.08. The lowest BCUT2D eigenvalue weighted by molar-refractivity contribution is -0.135. The van der Waals surface area contributed by atoms with E-state index in [1.165, 1.54) is 14.2 Å². The number of aromatic amines is 1. The Labute approximate surface area is 383 Å². The van der Waals surface area contributed by atoms with Gasteiger partial charge in [0.25, 0.3) is 0 Å². The number of alkyl carbamates (subject to hydrolysis) is 2. The van der Waals surface area contributed by atoms with Crippen molar-refractivity contribution in [3.8, 4) is 16.9 Å². The fourth-order valence-electron chi connectivity index (χ4n) is 10.2. The molecule has 0 bridgehead atoms. The molecule has 0 radical (unpaired) electrons. The molecule has 15 nitrogen and oxygen atoms in total. The molecular weight excluding hydrogens is 839 g/mol. The van der Waals surface area contributed by atoms with E-state index in [-0.39, 0.29) is 41.7 Å². The lowest BCUT2D eigenvalue weighted by Crippen LogP contribution is -2.51. The number of benzene rings is 4. The molecule has 4 aliphatic heterocycles. The summed E-state index contributed by atoms with van der Waals surface area (Å²) in [6.45, 7) is 7.92. The standard InChI is InChI=1S/C51H57N7O8/c1-28(2)44(55-50(61)64-5)48(59)57-24-29(3)18-42(57)47-53-40-17-13-33-21-38-36-15-12-32(20-35(36)27-66-43(38)22-37(33)46(40)54-47)34-14-16-39(52-23-34)41-19-30(26-63-4)25-58(41)49(60)45(56-51(62)65-6)31-10-8-7-9-11-31/h7-13,15,17,20-23,28-30,41-42,44-45H,14,16,18-19,24-27H2,1-6H3,(H,53,54)(H,55,61)(H,56,62). The molecule has 9 rings (SSSR count). The van der Waals surface area contributed by atoms with Crippen molar-refractivity contribution in [2.75, 3.05) is 41.0 Å². The lowest BCUT2D eigenvalue weighted by Gasteiger charge is -2.31. The van der Waals surface area contributed by atoms with Gasteiger partial charge < -0.3 is 44.4 Å². The van der Waals surface area contributed by atoms with Crippen LogP contribution in [0.4, 0.5) is 9.59 Å². The van der Waals surface area contributed by atoms with Gasteiger partial charge >= 0.3 is 12.2 Å². The van der Waals surface area contributed by atoms with Crippen LogP contribution in [0, 0.1) is 17.8 Å². The molecule has 5 aromatic rings. The number of carbonyl (C=O) groups is 4. The smallest absolute Gasteiger partial charge is 0.407 e. The van der Waals surface area contributed by atoms with Gasteiger partial charge in [-0.2, -0.15) is 0 Å². The second-order valence-corrected chi connectivity index (χ2v) is 18.3. The van der Waals surface area contributed by atoms with E-state index in [2.05, 4.69) is 58.9 Å². The Bertz CT molecular complexity index is 2750. The van der Waals surface area contributed by atoms with Crippen molar-refractivity contribution in [3.05, 3.63) is 102 Å². The van der Waals surface area contributed by atoms with E-state index < -0.39 is 24.3 Å². The number of imidazole rings is 1. The third kappa shape index (κ3) is 8.59. The topological polar surface area (TPSA) is 177 Å². The van der Waals surface area contributed by atoms with Gasteiger partial charge in [0.15, 0.2) is 0 Å². The van der Waals surface area contributed by atoms with Crippen LogP contribution in [0.25, 0.3) is 38.5 Å². The Balaban J connectivity index is 0.956. The highest BCUT2D eigenvalue weighted by Gasteiger charge is 2.43. The summed E-state index contributed by atoms with van der Waals surface area (Å²) in [5.74, 6) is 1.39. The average molecular weight is 896 g/mol. The number of hydrogen-bond acceptors (Lipinski definition) is 10. The van der Waals surface area contributed by atoms with Gasteiger partial charge in [-0.05, 0) is 95.0 Å². The number of likely N-dealkylation sites (tertiary alicyclic amines) is 2. The van der Waals surface area contributed by atoms with Crippen molar-refractivity contribution < 1.29 is 38.1 Å². The van der Waals surface area contributed by atoms with Crippen LogP contribution in [0.3, 0.4) is 0 Å². The van der Waals surface area contributed by atoms with Crippen LogP contribution >= 0.6 is 0 Å². The molecule has 0 spiro atoms. The molecule has 2 fully saturated rings. The summed E-state index contributed by atoms with van der Waals surface area (Å²) in [6.07, 6.45) is 3.54. The number of allylic oxidation sites excluding steroid dienone is 1. The summed E-state index contributed by atoms with van der Waals surface area (Å²) in [4.78, 5) is 70.2. The molecule has 0 saturated carbocycles. The molecule has 5 heterocycles. The van der Waals surface area contributed by atoms with E-state index in [0.717, 1.165) is 79.8 Å². The predicted octanol–water partition coefficient (Wildman–Crippen LogP) is 8.10. The first-order valence-corrected chi connectivity index (χ1v) is 22.8. The highest BCUT2D eigenvalue weighted by Crippen LogP contribution is 2.44. The zero-order valence-electron chi connectivity index (χ0n) is 38.3. The molecule has 6 atom stereocenters. The van der Waals surface area contributed by atoms with E-state index in [0.29, 0.717) is 44.7 Å². The first-order valence-electron chi connectivity index (χ1n) is 22.8. The molecule has 4 aliphatic rings. The van der Waals surface area contributed by atoms with Crippen LogP contribution in [-0.4, -0.2) is 103 Å². The summed E-state index contributed by atoms with van der Waals surface area (Å²) in [6, 6.07) is 22.0. The minimum atomic E-state index is -0.906. The van der Waals surface area contributed by atoms with Crippen LogP contribution in [0.2, 0.25) is 0 Å². The number of H-pyrrole nitrogens is 1. The number of ether oxygens (including phenoxy) is 4. The fraction of sp³-hybridized carbons (Fsp3) is 0.412. The van der Waals surface area contributed by atoms with E-state index >= 15 is 0 Å². The normalized spacial score (nSPS) is 21.1. The third-order valence-electron chi connectivity index (χ3n) is 13.6. The van der Waals surface area contributed by atoms with Crippen LogP contribution in [0.15, 0.2) is 84.0 Å². The van der Waals surface area contributed by atoms with Gasteiger partial charge in [-0.25, -0.2) is 14.6 Å². The maximum atomic E-state index is 14.3. The second kappa shape index (κ2) is 18.6. The van der Waals surface area contributed by atoms with Crippen LogP contribution in [0.1, 0.15) is 81.1 Å². The largest absolute Gasteiger partial charge is 0.488 e. The van der Waals surface area contributed by atoms with Gasteiger partial charge in [-0.3, -0.25) is 14.6 Å². The number of fused-ring (bicyclic) bond motifs is 6. The maximum absolute atomic E-state index is 14.3. The number of rotatable bonds is 11. The van der Waals surface area contributed by atoms with Gasteiger partial charge in [-0.15, -0.1) is 0 Å². The molecule has 3 N–H and O–H groups in total. The molecule has 1 aromatic heterocycles. The van der Waals surface area contributed by atoms with Crippen molar-refractivity contribution >= 4 is 57.1 Å². The summed E-state index contributed by atoms with van der Waals surface area (Å²) >= 11 is 0. The number of nitrogens with one attached hydrogen (secondary N) is 3. The zero-order chi connectivity index (χ0) is 46.2. The summed E-state index contributed by atoms with van der Waals surface area (Å²) in [5.41, 5.74) is 8.69. The minimum Gasteiger partial charge on any atom is -0.488 e. The first-order chi connectivity index (χ1) is 31.9. The van der Waals surface area contributed by atoms with Crippen LogP contribution in [0.5, 0.6) is 5.75 Å². The Hall–Kier alpha value is -6.74. The van der Waals surface area contributed by atoms with Crippen molar-refractivity contribution in [1.82, 2.24) is 30.4 Å². The summed E-state index contributed by atoms with van der Waals surface area (Å²) in [5, 5.41) is 7.48. The molecule has 4 aromatic carbocycles. The van der Waals surface area contributed by atoms with Crippen molar-refractivity contribution in [2.45, 2.75) is 77.2 Å². The Kier molecular flexibility index (Phi) is 12.5. The SMILES string of the molecule is COCC1CC(C2=NC=C(c3ccc4c(c3)COc3cc5c(ccc6[nH]c(C7CC(C)CN7C(=O)C(NC(=O)OC)C(C)C)nc65)cc3-4)CC2)N(C(=O)C(NC(=O)OC)c2ccccc2)C1. The highest BCUT2D eigenvalue weighted by molar-refractivity contribution is 6.07. The van der Waals surface area contributed by atoms with E-state index in [4.69, 9.17) is 28.9 Å². The molecule has 66 heavy (non-hydrogen) atoms. The number of nitrogens with zero attached hydrogens (tertiary/aromatic N) is 4. The van der Waals surface area contributed by atoms with Crippen LogP contribution < -0.4 is 15.4 Å².